The third kappa shape index (κ3) is 2.38. The molecule has 1 aromatic carbocycles. The minimum Gasteiger partial charge on any atom is -0.338 e. The van der Waals surface area contributed by atoms with Gasteiger partial charge in [0, 0.05) is 19.0 Å². The topological polar surface area (TPSA) is 63.9 Å². The van der Waals surface area contributed by atoms with E-state index in [2.05, 4.69) is 20.4 Å². The van der Waals surface area contributed by atoms with Crippen LogP contribution in [0.15, 0.2) is 36.7 Å². The number of fused-ring (bicyclic) bond motifs is 2. The van der Waals surface area contributed by atoms with E-state index in [1.54, 1.807) is 11.0 Å². The van der Waals surface area contributed by atoms with Crippen molar-refractivity contribution in [3.8, 4) is 0 Å². The molecule has 1 saturated heterocycles. The lowest BCUT2D eigenvalue weighted by atomic mass is 10.0. The molecule has 22 heavy (non-hydrogen) atoms. The molecule has 2 fully saturated rings. The van der Waals surface area contributed by atoms with Crippen molar-refractivity contribution >= 4 is 5.91 Å². The van der Waals surface area contributed by atoms with Crippen molar-refractivity contribution in [2.75, 3.05) is 6.54 Å². The summed E-state index contributed by atoms with van der Waals surface area (Å²) in [7, 11) is 0. The molecular weight excluding hydrogens is 278 g/mol. The Balaban J connectivity index is 1.59. The molecule has 1 saturated carbocycles. The summed E-state index contributed by atoms with van der Waals surface area (Å²) in [5.74, 6) is 0.851. The first kappa shape index (κ1) is 13.4. The Morgan fingerprint density at radius 3 is 2.77 bits per heavy atom. The maximum absolute atomic E-state index is 13.0. The number of amides is 1. The van der Waals surface area contributed by atoms with Crippen LogP contribution in [0.1, 0.15) is 30.9 Å². The summed E-state index contributed by atoms with van der Waals surface area (Å²) in [6.45, 7) is 0.900. The van der Waals surface area contributed by atoms with Crippen molar-refractivity contribution < 1.29 is 4.79 Å². The number of piperidine rings is 1. The number of likely N-dealkylation sites (tertiary alicyclic amines) is 1. The van der Waals surface area contributed by atoms with Gasteiger partial charge in [0.05, 0.1) is 0 Å². The van der Waals surface area contributed by atoms with E-state index in [0.717, 1.165) is 18.5 Å². The van der Waals surface area contributed by atoms with Gasteiger partial charge in [0.1, 0.15) is 12.4 Å². The number of carbonyl (C=O) groups is 1. The van der Waals surface area contributed by atoms with Crippen molar-refractivity contribution in [1.82, 2.24) is 25.1 Å². The van der Waals surface area contributed by atoms with E-state index in [0.29, 0.717) is 18.4 Å². The molecule has 2 aliphatic rings. The van der Waals surface area contributed by atoms with Crippen LogP contribution in [-0.4, -0.2) is 43.6 Å². The molecule has 6 nitrogen and oxygen atoms in total. The number of hydrogen-bond donors (Lipinski definition) is 0. The molecule has 2 heterocycles. The molecule has 1 aliphatic carbocycles. The molecule has 114 valence electrons. The highest BCUT2D eigenvalue weighted by Gasteiger charge is 2.42. The fourth-order valence-electron chi connectivity index (χ4n) is 3.83. The van der Waals surface area contributed by atoms with E-state index >= 15 is 0 Å². The maximum Gasteiger partial charge on any atom is 0.248 e. The molecule has 1 aliphatic heterocycles. The van der Waals surface area contributed by atoms with Gasteiger partial charge in [-0.25, -0.2) is 4.68 Å². The van der Waals surface area contributed by atoms with Crippen LogP contribution in [-0.2, 0) is 11.2 Å². The van der Waals surface area contributed by atoms with Gasteiger partial charge >= 0.3 is 0 Å². The van der Waals surface area contributed by atoms with E-state index in [4.69, 9.17) is 0 Å². The van der Waals surface area contributed by atoms with Crippen LogP contribution in [0.4, 0.5) is 0 Å². The standard InChI is InChI=1S/C16H19N5O/c22-16(20-10-13-6-7-14(20)8-13)15(21-11-17-18-19-21)9-12-4-2-1-3-5-12/h1-5,11,13-15H,6-10H2. The summed E-state index contributed by atoms with van der Waals surface area (Å²) >= 11 is 0. The summed E-state index contributed by atoms with van der Waals surface area (Å²) in [6, 6.07) is 10.1. The van der Waals surface area contributed by atoms with Crippen LogP contribution in [0.5, 0.6) is 0 Å². The van der Waals surface area contributed by atoms with Gasteiger partial charge in [0.2, 0.25) is 5.91 Å². The first-order valence-electron chi connectivity index (χ1n) is 7.88. The molecule has 2 bridgehead atoms. The largest absolute Gasteiger partial charge is 0.338 e. The molecule has 6 heteroatoms. The van der Waals surface area contributed by atoms with Gasteiger partial charge in [-0.3, -0.25) is 4.79 Å². The number of tetrazole rings is 1. The van der Waals surface area contributed by atoms with Gasteiger partial charge in [0.15, 0.2) is 0 Å². The van der Waals surface area contributed by atoms with Gasteiger partial charge in [-0.15, -0.1) is 5.10 Å². The second kappa shape index (κ2) is 5.51. The number of nitrogens with zero attached hydrogens (tertiary/aromatic N) is 5. The second-order valence-electron chi connectivity index (χ2n) is 6.32. The zero-order valence-electron chi connectivity index (χ0n) is 12.4. The Hall–Kier alpha value is -2.24. The molecule has 4 rings (SSSR count). The van der Waals surface area contributed by atoms with E-state index in [9.17, 15) is 4.79 Å². The van der Waals surface area contributed by atoms with Gasteiger partial charge in [-0.1, -0.05) is 30.3 Å². The minimum atomic E-state index is -0.350. The predicted octanol–water partition coefficient (Wildman–Crippen LogP) is 1.47. The Morgan fingerprint density at radius 1 is 1.27 bits per heavy atom. The normalized spacial score (nSPS) is 24.6. The average Bonchev–Trinajstić information content (AvgIpc) is 3.29. The van der Waals surface area contributed by atoms with Gasteiger partial charge in [0.25, 0.3) is 0 Å². The van der Waals surface area contributed by atoms with Gasteiger partial charge < -0.3 is 4.90 Å². The Labute approximate surface area is 129 Å². The Kier molecular flexibility index (Phi) is 3.36. The van der Waals surface area contributed by atoms with Crippen molar-refractivity contribution in [1.29, 1.82) is 0 Å². The monoisotopic (exact) mass is 297 g/mol. The molecule has 1 aromatic heterocycles. The number of rotatable bonds is 4. The SMILES string of the molecule is O=C(C(Cc1ccccc1)n1cnnn1)N1CC2CCC1C2. The quantitative estimate of drug-likeness (QED) is 0.857. The van der Waals surface area contributed by atoms with Crippen LogP contribution in [0.3, 0.4) is 0 Å². The van der Waals surface area contributed by atoms with E-state index in [-0.39, 0.29) is 11.9 Å². The number of hydrogen-bond acceptors (Lipinski definition) is 4. The third-order valence-electron chi connectivity index (χ3n) is 4.93. The number of benzene rings is 1. The van der Waals surface area contributed by atoms with Gasteiger partial charge in [-0.2, -0.15) is 0 Å². The fraction of sp³-hybridized carbons (Fsp3) is 0.500. The third-order valence-corrected chi connectivity index (χ3v) is 4.93. The van der Waals surface area contributed by atoms with Crippen LogP contribution in [0.2, 0.25) is 0 Å². The summed E-state index contributed by atoms with van der Waals surface area (Å²) < 4.78 is 1.60. The molecule has 3 unspecified atom stereocenters. The summed E-state index contributed by atoms with van der Waals surface area (Å²) in [6.07, 6.45) is 5.74. The lowest BCUT2D eigenvalue weighted by Crippen LogP contribution is -2.43. The van der Waals surface area contributed by atoms with Crippen LogP contribution in [0.25, 0.3) is 0 Å². The molecular formula is C16H19N5O. The van der Waals surface area contributed by atoms with Crippen molar-refractivity contribution in [3.05, 3.63) is 42.2 Å². The van der Waals surface area contributed by atoms with Crippen LogP contribution >= 0.6 is 0 Å². The lowest BCUT2D eigenvalue weighted by molar-refractivity contribution is -0.136. The van der Waals surface area contributed by atoms with Crippen molar-refractivity contribution in [2.45, 2.75) is 37.8 Å². The highest BCUT2D eigenvalue weighted by molar-refractivity contribution is 5.81. The predicted molar refractivity (Wildman–Crippen MR) is 79.8 cm³/mol. The average molecular weight is 297 g/mol. The van der Waals surface area contributed by atoms with Gasteiger partial charge in [-0.05, 0) is 41.2 Å². The highest BCUT2D eigenvalue weighted by atomic mass is 16.2. The maximum atomic E-state index is 13.0. The Morgan fingerprint density at radius 2 is 2.14 bits per heavy atom. The fourth-order valence-corrected chi connectivity index (χ4v) is 3.83. The molecule has 0 N–H and O–H groups in total. The zero-order valence-corrected chi connectivity index (χ0v) is 12.4. The number of carbonyl (C=O) groups excluding carboxylic acids is 1. The van der Waals surface area contributed by atoms with E-state index in [1.807, 2.05) is 30.3 Å². The number of aromatic nitrogens is 4. The highest BCUT2D eigenvalue weighted by Crippen LogP contribution is 2.38. The van der Waals surface area contributed by atoms with E-state index < -0.39 is 0 Å². The van der Waals surface area contributed by atoms with E-state index in [1.165, 1.54) is 12.8 Å². The van der Waals surface area contributed by atoms with Crippen LogP contribution in [0, 0.1) is 5.92 Å². The first-order valence-corrected chi connectivity index (χ1v) is 7.88. The summed E-state index contributed by atoms with van der Waals surface area (Å²) in [5.41, 5.74) is 1.13. The summed E-state index contributed by atoms with van der Waals surface area (Å²) in [4.78, 5) is 15.1. The second-order valence-corrected chi connectivity index (χ2v) is 6.32. The van der Waals surface area contributed by atoms with Crippen molar-refractivity contribution in [3.63, 3.8) is 0 Å². The lowest BCUT2D eigenvalue weighted by Gasteiger charge is -2.30. The smallest absolute Gasteiger partial charge is 0.248 e. The molecule has 0 radical (unpaired) electrons. The Bertz CT molecular complexity index is 642. The first-order chi connectivity index (χ1) is 10.8. The molecule has 3 atom stereocenters. The van der Waals surface area contributed by atoms with Crippen LogP contribution < -0.4 is 0 Å². The minimum absolute atomic E-state index is 0.156. The molecule has 1 amide bonds. The molecule has 2 aromatic rings. The summed E-state index contributed by atoms with van der Waals surface area (Å²) in [5, 5.41) is 11.4. The molecule has 0 spiro atoms. The zero-order chi connectivity index (χ0) is 14.9. The van der Waals surface area contributed by atoms with Crippen molar-refractivity contribution in [2.24, 2.45) is 5.92 Å².